The van der Waals surface area contributed by atoms with E-state index in [2.05, 4.69) is 10.5 Å². The SMILES string of the molecule is COc1ccc2cc(/C=N\NC(=O)c3cccc(S(=O)(=O)N(C)C)c3)ccc2c1. The van der Waals surface area contributed by atoms with E-state index >= 15 is 0 Å². The van der Waals surface area contributed by atoms with Gasteiger partial charge in [0.15, 0.2) is 0 Å². The van der Waals surface area contributed by atoms with Crippen LogP contribution in [0.3, 0.4) is 0 Å². The van der Waals surface area contributed by atoms with Crippen molar-refractivity contribution < 1.29 is 17.9 Å². The topological polar surface area (TPSA) is 88.1 Å². The standard InChI is InChI=1S/C21H21N3O4S/c1-24(2)29(26,27)20-6-4-5-18(13-20)21(25)23-22-14-15-7-8-17-12-19(28-3)10-9-16(17)11-15/h4-14H,1-3H3,(H,23,25)/b22-14-. The van der Waals surface area contributed by atoms with Gasteiger partial charge in [-0.15, -0.1) is 0 Å². The molecule has 0 fully saturated rings. The number of fused-ring (bicyclic) bond motifs is 1. The van der Waals surface area contributed by atoms with E-state index in [4.69, 9.17) is 4.74 Å². The fraction of sp³-hybridized carbons (Fsp3) is 0.143. The fourth-order valence-electron chi connectivity index (χ4n) is 2.69. The number of methoxy groups -OCH3 is 1. The lowest BCUT2D eigenvalue weighted by atomic mass is 10.1. The number of benzene rings is 3. The van der Waals surface area contributed by atoms with Gasteiger partial charge in [-0.2, -0.15) is 5.10 Å². The summed E-state index contributed by atoms with van der Waals surface area (Å²) in [6.07, 6.45) is 1.53. The first-order valence-electron chi connectivity index (χ1n) is 8.75. The molecule has 29 heavy (non-hydrogen) atoms. The van der Waals surface area contributed by atoms with Gasteiger partial charge in [-0.1, -0.05) is 24.3 Å². The lowest BCUT2D eigenvalue weighted by molar-refractivity contribution is 0.0955. The number of rotatable bonds is 6. The molecule has 1 amide bonds. The summed E-state index contributed by atoms with van der Waals surface area (Å²) in [5, 5.41) is 6.02. The molecule has 0 heterocycles. The van der Waals surface area contributed by atoms with Crippen molar-refractivity contribution in [2.24, 2.45) is 5.10 Å². The third-order valence-electron chi connectivity index (χ3n) is 4.33. The zero-order valence-corrected chi connectivity index (χ0v) is 17.1. The van der Waals surface area contributed by atoms with E-state index in [1.165, 1.54) is 44.6 Å². The molecule has 0 saturated carbocycles. The Bertz CT molecular complexity index is 1190. The number of ether oxygens (including phenoxy) is 1. The molecular weight excluding hydrogens is 390 g/mol. The first-order valence-corrected chi connectivity index (χ1v) is 10.2. The quantitative estimate of drug-likeness (QED) is 0.499. The second kappa shape index (κ2) is 8.42. The van der Waals surface area contributed by atoms with Crippen LogP contribution in [-0.4, -0.2) is 46.0 Å². The lowest BCUT2D eigenvalue weighted by Gasteiger charge is -2.11. The maximum Gasteiger partial charge on any atom is 0.271 e. The predicted octanol–water partition coefficient (Wildman–Crippen LogP) is 2.86. The Morgan fingerprint density at radius 3 is 2.48 bits per heavy atom. The molecule has 0 radical (unpaired) electrons. The number of sulfonamides is 1. The second-order valence-electron chi connectivity index (χ2n) is 6.49. The molecule has 0 aliphatic rings. The summed E-state index contributed by atoms with van der Waals surface area (Å²) < 4.78 is 30.7. The molecule has 0 unspecified atom stereocenters. The van der Waals surface area contributed by atoms with Crippen LogP contribution in [0.1, 0.15) is 15.9 Å². The van der Waals surface area contributed by atoms with Gasteiger partial charge in [0.1, 0.15) is 5.75 Å². The Labute approximate surface area is 169 Å². The van der Waals surface area contributed by atoms with E-state index in [1.54, 1.807) is 7.11 Å². The maximum atomic E-state index is 12.3. The highest BCUT2D eigenvalue weighted by Crippen LogP contribution is 2.21. The molecule has 3 aromatic carbocycles. The van der Waals surface area contributed by atoms with Crippen molar-refractivity contribution in [3.05, 3.63) is 71.8 Å². The number of nitrogens with one attached hydrogen (secondary N) is 1. The molecule has 0 bridgehead atoms. The zero-order chi connectivity index (χ0) is 21.0. The van der Waals surface area contributed by atoms with Crippen LogP contribution in [0.2, 0.25) is 0 Å². The summed E-state index contributed by atoms with van der Waals surface area (Å²) in [4.78, 5) is 12.4. The van der Waals surface area contributed by atoms with Crippen molar-refractivity contribution in [3.63, 3.8) is 0 Å². The number of hydrazone groups is 1. The van der Waals surface area contributed by atoms with Crippen LogP contribution in [0.15, 0.2) is 70.7 Å². The largest absolute Gasteiger partial charge is 0.497 e. The Balaban J connectivity index is 1.74. The molecule has 0 aliphatic carbocycles. The summed E-state index contributed by atoms with van der Waals surface area (Å²) in [6, 6.07) is 17.3. The summed E-state index contributed by atoms with van der Waals surface area (Å²) in [5.41, 5.74) is 3.44. The number of nitrogens with zero attached hydrogens (tertiary/aromatic N) is 2. The van der Waals surface area contributed by atoms with Crippen molar-refractivity contribution >= 4 is 32.9 Å². The average Bonchev–Trinajstić information content (AvgIpc) is 2.73. The molecule has 0 saturated heterocycles. The second-order valence-corrected chi connectivity index (χ2v) is 8.64. The van der Waals surface area contributed by atoms with Crippen molar-refractivity contribution in [2.75, 3.05) is 21.2 Å². The van der Waals surface area contributed by atoms with Gasteiger partial charge in [0.2, 0.25) is 10.0 Å². The Hall–Kier alpha value is -3.23. The average molecular weight is 411 g/mol. The van der Waals surface area contributed by atoms with Gasteiger partial charge in [0, 0.05) is 19.7 Å². The predicted molar refractivity (Wildman–Crippen MR) is 113 cm³/mol. The summed E-state index contributed by atoms with van der Waals surface area (Å²) in [6.45, 7) is 0. The minimum atomic E-state index is -3.62. The Kier molecular flexibility index (Phi) is 5.95. The van der Waals surface area contributed by atoms with Gasteiger partial charge >= 0.3 is 0 Å². The molecule has 3 rings (SSSR count). The van der Waals surface area contributed by atoms with Crippen LogP contribution in [0.4, 0.5) is 0 Å². The number of hydrogen-bond donors (Lipinski definition) is 1. The van der Waals surface area contributed by atoms with Crippen LogP contribution in [0.25, 0.3) is 10.8 Å². The van der Waals surface area contributed by atoms with E-state index in [9.17, 15) is 13.2 Å². The maximum absolute atomic E-state index is 12.3. The summed E-state index contributed by atoms with van der Waals surface area (Å²) in [7, 11) is 0.878. The number of hydrogen-bond acceptors (Lipinski definition) is 5. The monoisotopic (exact) mass is 411 g/mol. The third kappa shape index (κ3) is 4.61. The smallest absolute Gasteiger partial charge is 0.271 e. The molecule has 7 nitrogen and oxygen atoms in total. The van der Waals surface area contributed by atoms with Crippen molar-refractivity contribution in [2.45, 2.75) is 4.90 Å². The van der Waals surface area contributed by atoms with Gasteiger partial charge in [0.25, 0.3) is 5.91 Å². The minimum absolute atomic E-state index is 0.0455. The summed E-state index contributed by atoms with van der Waals surface area (Å²) in [5.74, 6) is 0.285. The highest BCUT2D eigenvalue weighted by atomic mass is 32.2. The van der Waals surface area contributed by atoms with Crippen LogP contribution in [0, 0.1) is 0 Å². The zero-order valence-electron chi connectivity index (χ0n) is 16.3. The van der Waals surface area contributed by atoms with E-state index in [-0.39, 0.29) is 10.5 Å². The van der Waals surface area contributed by atoms with Crippen LogP contribution < -0.4 is 10.2 Å². The highest BCUT2D eigenvalue weighted by Gasteiger charge is 2.18. The van der Waals surface area contributed by atoms with Crippen molar-refractivity contribution in [3.8, 4) is 5.75 Å². The molecule has 0 aliphatic heterocycles. The highest BCUT2D eigenvalue weighted by molar-refractivity contribution is 7.89. The first kappa shape index (κ1) is 20.5. The van der Waals surface area contributed by atoms with E-state index in [0.717, 1.165) is 26.4 Å². The molecule has 150 valence electrons. The fourth-order valence-corrected chi connectivity index (χ4v) is 3.64. The molecule has 8 heteroatoms. The summed E-state index contributed by atoms with van der Waals surface area (Å²) >= 11 is 0. The van der Waals surface area contributed by atoms with Gasteiger partial charge in [-0.05, 0) is 52.7 Å². The Morgan fingerprint density at radius 2 is 1.76 bits per heavy atom. The van der Waals surface area contributed by atoms with Gasteiger partial charge in [-0.25, -0.2) is 18.1 Å². The molecule has 0 aromatic heterocycles. The number of amides is 1. The third-order valence-corrected chi connectivity index (χ3v) is 6.14. The van der Waals surface area contributed by atoms with Crippen molar-refractivity contribution in [1.82, 2.24) is 9.73 Å². The normalized spacial score (nSPS) is 11.9. The number of carbonyl (C=O) groups is 1. The van der Waals surface area contributed by atoms with E-state index in [1.807, 2.05) is 36.4 Å². The van der Waals surface area contributed by atoms with E-state index in [0.29, 0.717) is 0 Å². The number of carbonyl (C=O) groups excluding carboxylic acids is 1. The molecule has 1 N–H and O–H groups in total. The van der Waals surface area contributed by atoms with Gasteiger partial charge in [-0.3, -0.25) is 4.79 Å². The molecule has 0 spiro atoms. The van der Waals surface area contributed by atoms with E-state index < -0.39 is 15.9 Å². The van der Waals surface area contributed by atoms with Crippen molar-refractivity contribution in [1.29, 1.82) is 0 Å². The van der Waals surface area contributed by atoms with Gasteiger partial charge in [0.05, 0.1) is 18.2 Å². The first-order chi connectivity index (χ1) is 13.8. The molecular formula is C21H21N3O4S. The van der Waals surface area contributed by atoms with Gasteiger partial charge < -0.3 is 4.74 Å². The lowest BCUT2D eigenvalue weighted by Crippen LogP contribution is -2.23. The van der Waals surface area contributed by atoms with Crippen LogP contribution in [0.5, 0.6) is 5.75 Å². The molecule has 3 aromatic rings. The molecule has 0 atom stereocenters. The van der Waals surface area contributed by atoms with Crippen LogP contribution >= 0.6 is 0 Å². The van der Waals surface area contributed by atoms with Crippen LogP contribution in [-0.2, 0) is 10.0 Å². The Morgan fingerprint density at radius 1 is 1.03 bits per heavy atom. The minimum Gasteiger partial charge on any atom is -0.497 e.